The maximum absolute atomic E-state index is 12.9. The Morgan fingerprint density at radius 3 is 2.23 bits per heavy atom. The highest BCUT2D eigenvalue weighted by Gasteiger charge is 2.13. The van der Waals surface area contributed by atoms with Crippen molar-refractivity contribution < 1.29 is 28.4 Å². The largest absolute Gasteiger partial charge is 0.493 e. The van der Waals surface area contributed by atoms with Crippen molar-refractivity contribution in [3.8, 4) is 23.0 Å². The number of aliphatic hydroxyl groups is 1. The minimum Gasteiger partial charge on any atom is -0.493 e. The highest BCUT2D eigenvalue weighted by Crippen LogP contribution is 2.38. The Hall–Kier alpha value is -3.20. The van der Waals surface area contributed by atoms with Gasteiger partial charge in [-0.2, -0.15) is 0 Å². The van der Waals surface area contributed by atoms with E-state index < -0.39 is 6.10 Å². The van der Waals surface area contributed by atoms with Crippen molar-refractivity contribution in [3.63, 3.8) is 0 Å². The van der Waals surface area contributed by atoms with Crippen LogP contribution in [0.5, 0.6) is 23.0 Å². The summed E-state index contributed by atoms with van der Waals surface area (Å²) in [6, 6.07) is 9.30. The number of nitrogens with zero attached hydrogens (tertiary/aromatic N) is 1. The van der Waals surface area contributed by atoms with E-state index in [9.17, 15) is 9.50 Å². The molecule has 2 aromatic rings. The number of benzene rings is 2. The Balaban J connectivity index is 1.96. The molecule has 8 nitrogen and oxygen atoms in total. The number of guanidine groups is 1. The highest BCUT2D eigenvalue weighted by atomic mass is 19.1. The number of methoxy groups -OCH3 is 3. The standard InChI is InChI=1S/C22H30FN3O5/c1-5-24-22(26-13-17(27)14-31-18-8-6-16(23)7-9-18)25-12-15-10-19(28-2)21(30-4)20(11-15)29-3/h6-11,17,27H,5,12-14H2,1-4H3,(H2,24,25,26). The minimum atomic E-state index is -0.782. The van der Waals surface area contributed by atoms with Gasteiger partial charge in [-0.15, -0.1) is 0 Å². The number of hydrogen-bond donors (Lipinski definition) is 3. The van der Waals surface area contributed by atoms with Crippen molar-refractivity contribution in [1.82, 2.24) is 10.6 Å². The smallest absolute Gasteiger partial charge is 0.203 e. The molecule has 0 saturated carbocycles. The maximum Gasteiger partial charge on any atom is 0.203 e. The van der Waals surface area contributed by atoms with Gasteiger partial charge in [-0.25, -0.2) is 9.38 Å². The molecule has 0 bridgehead atoms. The van der Waals surface area contributed by atoms with Gasteiger partial charge in [-0.1, -0.05) is 0 Å². The summed E-state index contributed by atoms with van der Waals surface area (Å²) in [5.41, 5.74) is 0.867. The van der Waals surface area contributed by atoms with E-state index in [-0.39, 0.29) is 19.0 Å². The van der Waals surface area contributed by atoms with Crippen LogP contribution in [0.4, 0.5) is 4.39 Å². The van der Waals surface area contributed by atoms with Crippen LogP contribution < -0.4 is 29.6 Å². The number of hydrogen-bond acceptors (Lipinski definition) is 6. The van der Waals surface area contributed by atoms with Gasteiger partial charge in [0, 0.05) is 13.1 Å². The van der Waals surface area contributed by atoms with Crippen LogP contribution in [-0.2, 0) is 6.54 Å². The number of rotatable bonds is 11. The Morgan fingerprint density at radius 1 is 1.03 bits per heavy atom. The zero-order valence-electron chi connectivity index (χ0n) is 18.3. The predicted octanol–water partition coefficient (Wildman–Crippen LogP) is 2.35. The lowest BCUT2D eigenvalue weighted by Gasteiger charge is -2.16. The first-order valence-corrected chi connectivity index (χ1v) is 9.88. The zero-order chi connectivity index (χ0) is 22.6. The van der Waals surface area contributed by atoms with E-state index in [1.54, 1.807) is 21.3 Å². The van der Waals surface area contributed by atoms with Gasteiger partial charge in [0.2, 0.25) is 5.75 Å². The first kappa shape index (κ1) is 24.1. The first-order chi connectivity index (χ1) is 15.0. The van der Waals surface area contributed by atoms with Gasteiger partial charge in [0.05, 0.1) is 27.9 Å². The second kappa shape index (κ2) is 12.5. The van der Waals surface area contributed by atoms with E-state index in [0.717, 1.165) is 5.56 Å². The second-order valence-corrected chi connectivity index (χ2v) is 6.53. The molecule has 1 unspecified atom stereocenters. The van der Waals surface area contributed by atoms with Crippen molar-refractivity contribution in [2.45, 2.75) is 19.6 Å². The molecule has 170 valence electrons. The van der Waals surface area contributed by atoms with Gasteiger partial charge in [-0.05, 0) is 48.9 Å². The normalized spacial score (nSPS) is 12.1. The van der Waals surface area contributed by atoms with Crippen LogP contribution in [0, 0.1) is 5.82 Å². The third-order valence-electron chi connectivity index (χ3n) is 4.25. The molecular weight excluding hydrogens is 405 g/mol. The fourth-order valence-corrected chi connectivity index (χ4v) is 2.74. The van der Waals surface area contributed by atoms with Gasteiger partial charge < -0.3 is 34.7 Å². The van der Waals surface area contributed by atoms with E-state index in [4.69, 9.17) is 18.9 Å². The third kappa shape index (κ3) is 7.53. The van der Waals surface area contributed by atoms with Crippen molar-refractivity contribution in [2.24, 2.45) is 4.99 Å². The molecule has 0 aromatic heterocycles. The van der Waals surface area contributed by atoms with Gasteiger partial charge in [0.25, 0.3) is 0 Å². The fraction of sp³-hybridized carbons (Fsp3) is 0.409. The summed E-state index contributed by atoms with van der Waals surface area (Å²) in [6.45, 7) is 3.25. The summed E-state index contributed by atoms with van der Waals surface area (Å²) in [7, 11) is 4.67. The minimum absolute atomic E-state index is 0.0604. The number of halogens is 1. The summed E-state index contributed by atoms with van der Waals surface area (Å²) in [4.78, 5) is 4.54. The molecule has 0 aliphatic rings. The van der Waals surface area contributed by atoms with E-state index in [1.165, 1.54) is 24.3 Å². The number of ether oxygens (including phenoxy) is 4. The van der Waals surface area contributed by atoms with Crippen LogP contribution in [0.3, 0.4) is 0 Å². The molecule has 0 aliphatic carbocycles. The molecule has 31 heavy (non-hydrogen) atoms. The highest BCUT2D eigenvalue weighted by molar-refractivity contribution is 5.79. The molecule has 0 heterocycles. The van der Waals surface area contributed by atoms with Crippen LogP contribution in [-0.4, -0.2) is 58.2 Å². The number of aliphatic imine (C=N–C) groups is 1. The first-order valence-electron chi connectivity index (χ1n) is 9.88. The molecule has 0 saturated heterocycles. The summed E-state index contributed by atoms with van der Waals surface area (Å²) >= 11 is 0. The third-order valence-corrected chi connectivity index (χ3v) is 4.25. The average molecular weight is 435 g/mol. The summed E-state index contributed by atoms with van der Waals surface area (Å²) in [5, 5.41) is 16.4. The van der Waals surface area contributed by atoms with E-state index in [1.807, 2.05) is 19.1 Å². The summed E-state index contributed by atoms with van der Waals surface area (Å²) in [5.74, 6) is 2.32. The monoisotopic (exact) mass is 435 g/mol. The van der Waals surface area contributed by atoms with Crippen molar-refractivity contribution in [1.29, 1.82) is 0 Å². The topological polar surface area (TPSA) is 93.6 Å². The Kier molecular flexibility index (Phi) is 9.70. The number of aliphatic hydroxyl groups excluding tert-OH is 1. The molecule has 1 atom stereocenters. The molecule has 2 rings (SSSR count). The van der Waals surface area contributed by atoms with Crippen LogP contribution in [0.2, 0.25) is 0 Å². The zero-order valence-corrected chi connectivity index (χ0v) is 18.3. The van der Waals surface area contributed by atoms with Crippen molar-refractivity contribution in [3.05, 3.63) is 47.8 Å². The molecule has 3 N–H and O–H groups in total. The van der Waals surface area contributed by atoms with Gasteiger partial charge in [-0.3, -0.25) is 0 Å². The van der Waals surface area contributed by atoms with Gasteiger partial charge in [0.15, 0.2) is 17.5 Å². The predicted molar refractivity (Wildman–Crippen MR) is 117 cm³/mol. The van der Waals surface area contributed by atoms with E-state index in [2.05, 4.69) is 15.6 Å². The Bertz CT molecular complexity index is 821. The van der Waals surface area contributed by atoms with Crippen LogP contribution >= 0.6 is 0 Å². The van der Waals surface area contributed by atoms with Crippen molar-refractivity contribution in [2.75, 3.05) is 41.0 Å². The molecule has 0 spiro atoms. The fourth-order valence-electron chi connectivity index (χ4n) is 2.74. The maximum atomic E-state index is 12.9. The molecule has 0 radical (unpaired) electrons. The molecule has 0 fully saturated rings. The lowest BCUT2D eigenvalue weighted by atomic mass is 10.2. The number of nitrogens with one attached hydrogen (secondary N) is 2. The second-order valence-electron chi connectivity index (χ2n) is 6.53. The lowest BCUT2D eigenvalue weighted by molar-refractivity contribution is 0.110. The van der Waals surface area contributed by atoms with E-state index in [0.29, 0.717) is 42.0 Å². The lowest BCUT2D eigenvalue weighted by Crippen LogP contribution is -2.42. The molecule has 9 heteroatoms. The van der Waals surface area contributed by atoms with Crippen LogP contribution in [0.1, 0.15) is 12.5 Å². The Labute approximate surface area is 182 Å². The summed E-state index contributed by atoms with van der Waals surface area (Å²) in [6.07, 6.45) is -0.782. The average Bonchev–Trinajstić information content (AvgIpc) is 2.79. The van der Waals surface area contributed by atoms with E-state index >= 15 is 0 Å². The quantitative estimate of drug-likeness (QED) is 0.369. The van der Waals surface area contributed by atoms with Gasteiger partial charge in [0.1, 0.15) is 24.3 Å². The van der Waals surface area contributed by atoms with Crippen molar-refractivity contribution >= 4 is 5.96 Å². The molecule has 2 aromatic carbocycles. The molecule has 0 amide bonds. The molecule has 0 aliphatic heterocycles. The SMILES string of the molecule is CCNC(=NCc1cc(OC)c(OC)c(OC)c1)NCC(O)COc1ccc(F)cc1. The Morgan fingerprint density at radius 2 is 1.68 bits per heavy atom. The van der Waals surface area contributed by atoms with Crippen LogP contribution in [0.15, 0.2) is 41.4 Å². The molecular formula is C22H30FN3O5. The van der Waals surface area contributed by atoms with Gasteiger partial charge >= 0.3 is 0 Å². The van der Waals surface area contributed by atoms with Crippen LogP contribution in [0.25, 0.3) is 0 Å². The summed E-state index contributed by atoms with van der Waals surface area (Å²) < 4.78 is 34.5.